The van der Waals surface area contributed by atoms with Crippen molar-refractivity contribution in [1.82, 2.24) is 14.9 Å². The second-order valence-electron chi connectivity index (χ2n) is 5.65. The van der Waals surface area contributed by atoms with Gasteiger partial charge in [-0.25, -0.2) is 17.5 Å². The van der Waals surface area contributed by atoms with E-state index in [1.807, 2.05) is 7.05 Å². The van der Waals surface area contributed by atoms with E-state index in [2.05, 4.69) is 10.0 Å². The Morgan fingerprint density at radius 2 is 2.04 bits per heavy atom. The van der Waals surface area contributed by atoms with Crippen molar-refractivity contribution in [3.8, 4) is 0 Å². The Morgan fingerprint density at radius 1 is 1.35 bits per heavy atom. The van der Waals surface area contributed by atoms with Crippen LogP contribution >= 0.6 is 0 Å². The smallest absolute Gasteiger partial charge is 0.240 e. The molecule has 0 saturated carbocycles. The zero-order chi connectivity index (χ0) is 16.9. The van der Waals surface area contributed by atoms with Crippen LogP contribution in [-0.2, 0) is 14.8 Å². The molecule has 0 radical (unpaired) electrons. The van der Waals surface area contributed by atoms with Gasteiger partial charge in [-0.2, -0.15) is 0 Å². The van der Waals surface area contributed by atoms with Gasteiger partial charge in [0.25, 0.3) is 0 Å². The Hall–Kier alpha value is -1.51. The van der Waals surface area contributed by atoms with Gasteiger partial charge in [-0.05, 0) is 50.2 Å². The third-order valence-electron chi connectivity index (χ3n) is 3.89. The highest BCUT2D eigenvalue weighted by Crippen LogP contribution is 2.16. The average Bonchev–Trinajstić information content (AvgIpc) is 2.96. The fraction of sp³-hybridized carbons (Fsp3) is 0.533. The Kier molecular flexibility index (Phi) is 6.09. The van der Waals surface area contributed by atoms with Gasteiger partial charge >= 0.3 is 0 Å². The van der Waals surface area contributed by atoms with E-state index < -0.39 is 15.8 Å². The number of hydrogen-bond donors (Lipinski definition) is 2. The summed E-state index contributed by atoms with van der Waals surface area (Å²) >= 11 is 0. The first-order valence-corrected chi connectivity index (χ1v) is 9.08. The molecule has 1 aliphatic heterocycles. The predicted octanol–water partition coefficient (Wildman–Crippen LogP) is 0.562. The lowest BCUT2D eigenvalue weighted by atomic mass is 10.1. The Labute approximate surface area is 136 Å². The summed E-state index contributed by atoms with van der Waals surface area (Å²) in [5.74, 6) is -0.0884. The maximum atomic E-state index is 12.8. The molecule has 1 aromatic carbocycles. The Bertz CT molecular complexity index is 634. The lowest BCUT2D eigenvalue weighted by Crippen LogP contribution is -2.34. The molecule has 1 amide bonds. The number of halogens is 1. The van der Waals surface area contributed by atoms with E-state index in [9.17, 15) is 17.6 Å². The standard InChI is InChI=1S/C15H22FN3O3S/c1-17-10-12-7-9-19(11-12)15(20)6-8-18-23(21,22)14-4-2-13(16)3-5-14/h2-5,12,17-18H,6-11H2,1H3. The molecule has 23 heavy (non-hydrogen) atoms. The number of nitrogens with one attached hydrogen (secondary N) is 2. The summed E-state index contributed by atoms with van der Waals surface area (Å²) in [6.07, 6.45) is 1.08. The summed E-state index contributed by atoms with van der Waals surface area (Å²) in [4.78, 5) is 13.8. The van der Waals surface area contributed by atoms with Crippen LogP contribution in [0.25, 0.3) is 0 Å². The van der Waals surface area contributed by atoms with Crippen LogP contribution in [-0.4, -0.2) is 52.5 Å². The van der Waals surface area contributed by atoms with Crippen molar-refractivity contribution < 1.29 is 17.6 Å². The van der Waals surface area contributed by atoms with Crippen LogP contribution < -0.4 is 10.0 Å². The summed E-state index contributed by atoms with van der Waals surface area (Å²) in [5.41, 5.74) is 0. The second kappa shape index (κ2) is 7.85. The second-order valence-corrected chi connectivity index (χ2v) is 7.42. The van der Waals surface area contributed by atoms with Crippen LogP contribution in [0.1, 0.15) is 12.8 Å². The summed E-state index contributed by atoms with van der Waals surface area (Å²) in [6, 6.07) is 4.57. The number of carbonyl (C=O) groups excluding carboxylic acids is 1. The highest BCUT2D eigenvalue weighted by Gasteiger charge is 2.25. The third-order valence-corrected chi connectivity index (χ3v) is 5.36. The van der Waals surface area contributed by atoms with Gasteiger partial charge in [0, 0.05) is 26.1 Å². The van der Waals surface area contributed by atoms with Crippen LogP contribution in [0.4, 0.5) is 4.39 Å². The van der Waals surface area contributed by atoms with Gasteiger partial charge in [0.1, 0.15) is 5.82 Å². The molecular formula is C15H22FN3O3S. The van der Waals surface area contributed by atoms with E-state index in [0.717, 1.165) is 31.6 Å². The Morgan fingerprint density at radius 3 is 2.70 bits per heavy atom. The predicted molar refractivity (Wildman–Crippen MR) is 84.8 cm³/mol. The van der Waals surface area contributed by atoms with Crippen molar-refractivity contribution in [2.45, 2.75) is 17.7 Å². The zero-order valence-electron chi connectivity index (χ0n) is 13.1. The van der Waals surface area contributed by atoms with Crippen molar-refractivity contribution in [3.63, 3.8) is 0 Å². The van der Waals surface area contributed by atoms with Crippen LogP contribution in [0.2, 0.25) is 0 Å². The van der Waals surface area contributed by atoms with Crippen LogP contribution in [0.3, 0.4) is 0 Å². The lowest BCUT2D eigenvalue weighted by molar-refractivity contribution is -0.130. The van der Waals surface area contributed by atoms with E-state index >= 15 is 0 Å². The van der Waals surface area contributed by atoms with Gasteiger partial charge in [-0.1, -0.05) is 0 Å². The molecule has 0 spiro atoms. The van der Waals surface area contributed by atoms with Crippen molar-refractivity contribution in [1.29, 1.82) is 0 Å². The summed E-state index contributed by atoms with van der Waals surface area (Å²) in [6.45, 7) is 2.34. The molecule has 1 aromatic rings. The molecule has 1 heterocycles. The van der Waals surface area contributed by atoms with Crippen molar-refractivity contribution in [3.05, 3.63) is 30.1 Å². The normalized spacial score (nSPS) is 18.3. The molecule has 0 bridgehead atoms. The van der Waals surface area contributed by atoms with Crippen LogP contribution in [0.15, 0.2) is 29.2 Å². The van der Waals surface area contributed by atoms with Gasteiger partial charge in [0.05, 0.1) is 4.90 Å². The van der Waals surface area contributed by atoms with E-state index in [-0.39, 0.29) is 23.8 Å². The molecule has 8 heteroatoms. The average molecular weight is 343 g/mol. The first kappa shape index (κ1) is 17.8. The molecule has 1 saturated heterocycles. The maximum absolute atomic E-state index is 12.8. The molecule has 1 fully saturated rings. The van der Waals surface area contributed by atoms with Gasteiger partial charge in [-0.15, -0.1) is 0 Å². The lowest BCUT2D eigenvalue weighted by Gasteiger charge is -2.16. The summed E-state index contributed by atoms with van der Waals surface area (Å²) < 4.78 is 39.2. The highest BCUT2D eigenvalue weighted by atomic mass is 32.2. The van der Waals surface area contributed by atoms with Crippen LogP contribution in [0, 0.1) is 11.7 Å². The van der Waals surface area contributed by atoms with Crippen molar-refractivity contribution >= 4 is 15.9 Å². The van der Waals surface area contributed by atoms with Gasteiger partial charge in [-0.3, -0.25) is 4.79 Å². The summed E-state index contributed by atoms with van der Waals surface area (Å²) in [7, 11) is -1.83. The molecule has 1 atom stereocenters. The fourth-order valence-electron chi connectivity index (χ4n) is 2.66. The van der Waals surface area contributed by atoms with E-state index in [4.69, 9.17) is 0 Å². The van der Waals surface area contributed by atoms with Crippen molar-refractivity contribution in [2.24, 2.45) is 5.92 Å². The Balaban J connectivity index is 1.80. The number of likely N-dealkylation sites (tertiary alicyclic amines) is 1. The fourth-order valence-corrected chi connectivity index (χ4v) is 3.69. The monoisotopic (exact) mass is 343 g/mol. The number of hydrogen-bond acceptors (Lipinski definition) is 4. The number of carbonyl (C=O) groups is 1. The quantitative estimate of drug-likeness (QED) is 0.758. The maximum Gasteiger partial charge on any atom is 0.240 e. The first-order valence-electron chi connectivity index (χ1n) is 7.60. The number of nitrogens with zero attached hydrogens (tertiary/aromatic N) is 1. The number of benzene rings is 1. The van der Waals surface area contributed by atoms with E-state index in [1.165, 1.54) is 12.1 Å². The van der Waals surface area contributed by atoms with E-state index in [1.54, 1.807) is 4.90 Å². The number of amides is 1. The molecular weight excluding hydrogens is 321 g/mol. The van der Waals surface area contributed by atoms with Crippen molar-refractivity contribution in [2.75, 3.05) is 33.2 Å². The molecule has 1 unspecified atom stereocenters. The van der Waals surface area contributed by atoms with Crippen LogP contribution in [0.5, 0.6) is 0 Å². The molecule has 0 aliphatic carbocycles. The number of sulfonamides is 1. The molecule has 0 aromatic heterocycles. The molecule has 1 aliphatic rings. The molecule has 2 rings (SSSR count). The largest absolute Gasteiger partial charge is 0.342 e. The molecule has 128 valence electrons. The highest BCUT2D eigenvalue weighted by molar-refractivity contribution is 7.89. The SMILES string of the molecule is CNCC1CCN(C(=O)CCNS(=O)(=O)c2ccc(F)cc2)C1. The van der Waals surface area contributed by atoms with E-state index in [0.29, 0.717) is 12.5 Å². The molecule has 2 N–H and O–H groups in total. The zero-order valence-corrected chi connectivity index (χ0v) is 13.9. The minimum atomic E-state index is -3.71. The van der Waals surface area contributed by atoms with Gasteiger partial charge in [0.15, 0.2) is 0 Å². The number of rotatable bonds is 7. The first-order chi connectivity index (χ1) is 10.9. The topological polar surface area (TPSA) is 78.5 Å². The van der Waals surface area contributed by atoms with Gasteiger partial charge < -0.3 is 10.2 Å². The molecule has 6 nitrogen and oxygen atoms in total. The minimum absolute atomic E-state index is 0.0124. The van der Waals surface area contributed by atoms with Gasteiger partial charge in [0.2, 0.25) is 15.9 Å². The summed E-state index contributed by atoms with van der Waals surface area (Å²) in [5, 5.41) is 3.10. The third kappa shape index (κ3) is 4.98. The minimum Gasteiger partial charge on any atom is -0.342 e.